The largest absolute Gasteiger partial charge is 0.462 e. The smallest absolute Gasteiger partial charge is 0.306 e. The summed E-state index contributed by atoms with van der Waals surface area (Å²) in [7, 11) is 0. The minimum Gasteiger partial charge on any atom is -0.462 e. The van der Waals surface area contributed by atoms with Crippen LogP contribution in [0.25, 0.3) is 0 Å². The van der Waals surface area contributed by atoms with Crippen molar-refractivity contribution in [3.8, 4) is 0 Å². The molecule has 63 heavy (non-hydrogen) atoms. The van der Waals surface area contributed by atoms with Crippen molar-refractivity contribution in [2.24, 2.45) is 0 Å². The molecule has 0 fully saturated rings. The summed E-state index contributed by atoms with van der Waals surface area (Å²) >= 11 is 0. The van der Waals surface area contributed by atoms with Crippen LogP contribution in [0.2, 0.25) is 0 Å². The number of unbranched alkanes of at least 4 members (excludes halogenated alkanes) is 32. The van der Waals surface area contributed by atoms with Gasteiger partial charge in [-0.2, -0.15) is 0 Å². The van der Waals surface area contributed by atoms with E-state index >= 15 is 0 Å². The summed E-state index contributed by atoms with van der Waals surface area (Å²) in [6, 6.07) is 0. The highest BCUT2D eigenvalue weighted by Crippen LogP contribution is 2.15. The maximum Gasteiger partial charge on any atom is 0.306 e. The molecule has 0 spiro atoms. The Morgan fingerprint density at radius 2 is 0.587 bits per heavy atom. The lowest BCUT2D eigenvalue weighted by Gasteiger charge is -2.18. The second kappa shape index (κ2) is 52.0. The van der Waals surface area contributed by atoms with Gasteiger partial charge < -0.3 is 14.2 Å². The van der Waals surface area contributed by atoms with Gasteiger partial charge in [-0.3, -0.25) is 14.4 Å². The molecule has 0 aliphatic rings. The normalized spacial score (nSPS) is 12.4. The van der Waals surface area contributed by atoms with Gasteiger partial charge in [-0.15, -0.1) is 0 Å². The summed E-state index contributed by atoms with van der Waals surface area (Å²) in [6.07, 6.45) is 62.3. The molecular weight excluding hydrogens is 781 g/mol. The van der Waals surface area contributed by atoms with Crippen LogP contribution < -0.4 is 0 Å². The van der Waals surface area contributed by atoms with Crippen molar-refractivity contribution in [1.82, 2.24) is 0 Å². The van der Waals surface area contributed by atoms with Crippen molar-refractivity contribution in [2.75, 3.05) is 13.2 Å². The Kier molecular flexibility index (Phi) is 49.8. The molecule has 0 amide bonds. The number of hydrogen-bond acceptors (Lipinski definition) is 6. The second-order valence-corrected chi connectivity index (χ2v) is 18.2. The Balaban J connectivity index is 4.41. The summed E-state index contributed by atoms with van der Waals surface area (Å²) in [6.45, 7) is 6.61. The highest BCUT2D eigenvalue weighted by atomic mass is 16.6. The monoisotopic (exact) mass is 883 g/mol. The summed E-state index contributed by atoms with van der Waals surface area (Å²) in [5, 5.41) is 0. The van der Waals surface area contributed by atoms with E-state index in [1.165, 1.54) is 148 Å². The van der Waals surface area contributed by atoms with Gasteiger partial charge in [-0.05, 0) is 70.6 Å². The Bertz CT molecular complexity index is 1110. The van der Waals surface area contributed by atoms with Gasteiger partial charge in [0, 0.05) is 19.3 Å². The van der Waals surface area contributed by atoms with Gasteiger partial charge in [0.1, 0.15) is 13.2 Å². The van der Waals surface area contributed by atoms with Gasteiger partial charge in [0.25, 0.3) is 0 Å². The first-order chi connectivity index (χ1) is 31.0. The summed E-state index contributed by atoms with van der Waals surface area (Å²) in [4.78, 5) is 38.0. The van der Waals surface area contributed by atoms with Gasteiger partial charge in [0.05, 0.1) is 0 Å². The number of hydrogen-bond donors (Lipinski definition) is 0. The third-order valence-corrected chi connectivity index (χ3v) is 11.9. The average molecular weight is 883 g/mol. The Morgan fingerprint density at radius 3 is 0.937 bits per heavy atom. The molecule has 0 rings (SSSR count). The van der Waals surface area contributed by atoms with Crippen molar-refractivity contribution in [3.63, 3.8) is 0 Å². The molecule has 0 aromatic rings. The van der Waals surface area contributed by atoms with Crippen LogP contribution in [0.15, 0.2) is 48.6 Å². The van der Waals surface area contributed by atoms with Gasteiger partial charge in [-0.25, -0.2) is 0 Å². The molecular formula is C57H102O6. The molecule has 0 saturated heterocycles. The fraction of sp³-hybridized carbons (Fsp3) is 0.807. The number of ether oxygens (including phenoxy) is 3. The minimum absolute atomic E-state index is 0.0834. The van der Waals surface area contributed by atoms with Crippen LogP contribution >= 0.6 is 0 Å². The van der Waals surface area contributed by atoms with E-state index in [-0.39, 0.29) is 31.1 Å². The summed E-state index contributed by atoms with van der Waals surface area (Å²) in [5.74, 6) is -0.910. The van der Waals surface area contributed by atoms with Crippen molar-refractivity contribution >= 4 is 17.9 Å². The van der Waals surface area contributed by atoms with E-state index in [0.29, 0.717) is 19.3 Å². The van der Waals surface area contributed by atoms with E-state index in [2.05, 4.69) is 69.4 Å². The standard InChI is InChI=1S/C57H102O6/c1-4-7-10-13-16-19-22-25-27-28-29-30-33-35-38-41-44-47-50-56(59)62-53-54(52-61-55(58)49-46-43-40-37-34-31-24-21-18-15-12-9-6-3)63-57(60)51-48-45-42-39-36-32-26-23-20-17-14-11-8-5-2/h22,25,27-30,32,36,54H,4-21,23-24,26,31,33-35,37-53H2,1-3H3/b25-22-,28-27-,30-29-,36-32-. The lowest BCUT2D eigenvalue weighted by Crippen LogP contribution is -2.30. The molecule has 0 aliphatic carbocycles. The predicted octanol–water partition coefficient (Wildman–Crippen LogP) is 17.9. The van der Waals surface area contributed by atoms with Crippen LogP contribution in [0, 0.1) is 0 Å². The van der Waals surface area contributed by atoms with E-state index in [1.54, 1.807) is 0 Å². The Morgan fingerprint density at radius 1 is 0.317 bits per heavy atom. The molecule has 0 aromatic carbocycles. The molecule has 1 unspecified atom stereocenters. The molecule has 0 radical (unpaired) electrons. The first kappa shape index (κ1) is 60.4. The minimum atomic E-state index is -0.786. The fourth-order valence-electron chi connectivity index (χ4n) is 7.73. The lowest BCUT2D eigenvalue weighted by atomic mass is 10.0. The number of esters is 3. The van der Waals surface area contributed by atoms with E-state index in [4.69, 9.17) is 14.2 Å². The lowest BCUT2D eigenvalue weighted by molar-refractivity contribution is -0.167. The quantitative estimate of drug-likeness (QED) is 0.0199. The molecule has 0 heterocycles. The van der Waals surface area contributed by atoms with Gasteiger partial charge in [0.15, 0.2) is 6.10 Å². The Hall–Kier alpha value is -2.63. The van der Waals surface area contributed by atoms with Crippen LogP contribution in [0.5, 0.6) is 0 Å². The zero-order chi connectivity index (χ0) is 45.8. The summed E-state index contributed by atoms with van der Waals surface area (Å²) < 4.78 is 16.8. The van der Waals surface area contributed by atoms with Crippen LogP contribution in [-0.4, -0.2) is 37.2 Å². The molecule has 6 heteroatoms. The summed E-state index contributed by atoms with van der Waals surface area (Å²) in [5.41, 5.74) is 0. The zero-order valence-corrected chi connectivity index (χ0v) is 41.8. The molecule has 0 bridgehead atoms. The van der Waals surface area contributed by atoms with Crippen molar-refractivity contribution in [1.29, 1.82) is 0 Å². The van der Waals surface area contributed by atoms with Gasteiger partial charge >= 0.3 is 17.9 Å². The second-order valence-electron chi connectivity index (χ2n) is 18.2. The van der Waals surface area contributed by atoms with Crippen molar-refractivity contribution in [2.45, 2.75) is 284 Å². The zero-order valence-electron chi connectivity index (χ0n) is 41.8. The van der Waals surface area contributed by atoms with Crippen LogP contribution in [0.1, 0.15) is 278 Å². The number of carbonyl (C=O) groups is 3. The average Bonchev–Trinajstić information content (AvgIpc) is 3.28. The van der Waals surface area contributed by atoms with Crippen LogP contribution in [0.3, 0.4) is 0 Å². The first-order valence-electron chi connectivity index (χ1n) is 27.2. The molecule has 0 aliphatic heterocycles. The van der Waals surface area contributed by atoms with Gasteiger partial charge in [-0.1, -0.05) is 236 Å². The highest BCUT2D eigenvalue weighted by Gasteiger charge is 2.19. The number of carbonyl (C=O) groups excluding carboxylic acids is 3. The molecule has 1 atom stereocenters. The third-order valence-electron chi connectivity index (χ3n) is 11.9. The molecule has 6 nitrogen and oxygen atoms in total. The third kappa shape index (κ3) is 50.2. The van der Waals surface area contributed by atoms with E-state index in [1.807, 2.05) is 0 Å². The molecule has 366 valence electrons. The van der Waals surface area contributed by atoms with Crippen LogP contribution in [-0.2, 0) is 28.6 Å². The number of allylic oxidation sites excluding steroid dienone is 8. The van der Waals surface area contributed by atoms with Crippen molar-refractivity contribution in [3.05, 3.63) is 48.6 Å². The first-order valence-corrected chi connectivity index (χ1v) is 27.2. The number of rotatable bonds is 49. The highest BCUT2D eigenvalue weighted by molar-refractivity contribution is 5.71. The maximum atomic E-state index is 12.8. The van der Waals surface area contributed by atoms with Crippen molar-refractivity contribution < 1.29 is 28.6 Å². The van der Waals surface area contributed by atoms with E-state index < -0.39 is 6.10 Å². The Labute approximate surface area is 390 Å². The fourth-order valence-corrected chi connectivity index (χ4v) is 7.73. The van der Waals surface area contributed by atoms with E-state index in [9.17, 15) is 14.4 Å². The van der Waals surface area contributed by atoms with Gasteiger partial charge in [0.2, 0.25) is 0 Å². The topological polar surface area (TPSA) is 78.9 Å². The van der Waals surface area contributed by atoms with E-state index in [0.717, 1.165) is 89.9 Å². The molecule has 0 saturated carbocycles. The maximum absolute atomic E-state index is 12.8. The molecule has 0 N–H and O–H groups in total. The van der Waals surface area contributed by atoms with Crippen LogP contribution in [0.4, 0.5) is 0 Å². The SMILES string of the molecule is CCCCCCC\C=C/C=C\C=C/CCCCCCCC(=O)OCC(COC(=O)CCCCCCCCCCCCCCC)OC(=O)CCCCC/C=C\CCCCCCCCC. The molecule has 0 aromatic heterocycles. The predicted molar refractivity (Wildman–Crippen MR) is 270 cm³/mol.